The normalized spacial score (nSPS) is 16.1. The summed E-state index contributed by atoms with van der Waals surface area (Å²) in [6, 6.07) is 12.5. The SMILES string of the molecule is CCCCOc1ccc(C(=O)Nc2ccccc2CN2CCCC2C(N)=O)cc1OC. The van der Waals surface area contributed by atoms with Gasteiger partial charge >= 0.3 is 0 Å². The predicted octanol–water partition coefficient (Wildman–Crippen LogP) is 3.58. The number of ether oxygens (including phenoxy) is 2. The summed E-state index contributed by atoms with van der Waals surface area (Å²) in [6.07, 6.45) is 3.71. The summed E-state index contributed by atoms with van der Waals surface area (Å²) < 4.78 is 11.2. The number of likely N-dealkylation sites (tertiary alicyclic amines) is 1. The minimum absolute atomic E-state index is 0.237. The zero-order valence-electron chi connectivity index (χ0n) is 18.2. The van der Waals surface area contributed by atoms with Gasteiger partial charge in [-0.05, 0) is 55.6 Å². The van der Waals surface area contributed by atoms with Gasteiger partial charge in [-0.15, -0.1) is 0 Å². The molecule has 0 bridgehead atoms. The molecule has 2 amide bonds. The van der Waals surface area contributed by atoms with E-state index >= 15 is 0 Å². The van der Waals surface area contributed by atoms with Crippen molar-refractivity contribution in [3.05, 3.63) is 53.6 Å². The van der Waals surface area contributed by atoms with Gasteiger partial charge in [0.25, 0.3) is 5.91 Å². The Morgan fingerprint density at radius 2 is 2.00 bits per heavy atom. The maximum Gasteiger partial charge on any atom is 0.255 e. The van der Waals surface area contributed by atoms with Gasteiger partial charge in [0.05, 0.1) is 19.8 Å². The molecule has 0 radical (unpaired) electrons. The van der Waals surface area contributed by atoms with E-state index in [0.717, 1.165) is 37.8 Å². The van der Waals surface area contributed by atoms with Crippen LogP contribution < -0.4 is 20.5 Å². The van der Waals surface area contributed by atoms with Crippen molar-refractivity contribution in [2.24, 2.45) is 5.73 Å². The quantitative estimate of drug-likeness (QED) is 0.568. The highest BCUT2D eigenvalue weighted by Crippen LogP contribution is 2.29. The van der Waals surface area contributed by atoms with E-state index in [4.69, 9.17) is 15.2 Å². The lowest BCUT2D eigenvalue weighted by Gasteiger charge is -2.23. The lowest BCUT2D eigenvalue weighted by Crippen LogP contribution is -2.39. The van der Waals surface area contributed by atoms with Gasteiger partial charge in [0, 0.05) is 17.8 Å². The van der Waals surface area contributed by atoms with Crippen molar-refractivity contribution >= 4 is 17.5 Å². The van der Waals surface area contributed by atoms with Crippen LogP contribution in [0.5, 0.6) is 11.5 Å². The number of amides is 2. The molecule has 1 fully saturated rings. The molecule has 1 aliphatic heterocycles. The van der Waals surface area contributed by atoms with E-state index in [2.05, 4.69) is 17.1 Å². The first kappa shape index (κ1) is 22.6. The number of nitrogens with two attached hydrogens (primary N) is 1. The lowest BCUT2D eigenvalue weighted by atomic mass is 10.1. The summed E-state index contributed by atoms with van der Waals surface area (Å²) in [5.41, 5.74) is 7.67. The highest BCUT2D eigenvalue weighted by molar-refractivity contribution is 6.05. The fourth-order valence-electron chi connectivity index (χ4n) is 3.79. The molecule has 3 rings (SSSR count). The molecule has 0 aromatic heterocycles. The molecular weight excluding hydrogens is 394 g/mol. The zero-order valence-corrected chi connectivity index (χ0v) is 18.2. The second-order valence-electron chi connectivity index (χ2n) is 7.71. The topological polar surface area (TPSA) is 93.9 Å². The van der Waals surface area contributed by atoms with Crippen molar-refractivity contribution in [3.8, 4) is 11.5 Å². The number of unbranched alkanes of at least 4 members (excludes halogenated alkanes) is 1. The lowest BCUT2D eigenvalue weighted by molar-refractivity contribution is -0.122. The average molecular weight is 426 g/mol. The zero-order chi connectivity index (χ0) is 22.2. The highest BCUT2D eigenvalue weighted by atomic mass is 16.5. The van der Waals surface area contributed by atoms with E-state index < -0.39 is 0 Å². The van der Waals surface area contributed by atoms with E-state index in [1.165, 1.54) is 0 Å². The highest BCUT2D eigenvalue weighted by Gasteiger charge is 2.29. The molecule has 0 saturated carbocycles. The largest absolute Gasteiger partial charge is 0.493 e. The summed E-state index contributed by atoms with van der Waals surface area (Å²) in [5.74, 6) is 0.615. The van der Waals surface area contributed by atoms with Crippen molar-refractivity contribution in [2.75, 3.05) is 25.6 Å². The summed E-state index contributed by atoms with van der Waals surface area (Å²) in [6.45, 7) is 4.07. The number of methoxy groups -OCH3 is 1. The van der Waals surface area contributed by atoms with Gasteiger partial charge in [0.15, 0.2) is 11.5 Å². The number of primary amides is 1. The predicted molar refractivity (Wildman–Crippen MR) is 120 cm³/mol. The van der Waals surface area contributed by atoms with E-state index in [9.17, 15) is 9.59 Å². The minimum atomic E-state index is -0.299. The van der Waals surface area contributed by atoms with Crippen molar-refractivity contribution in [1.29, 1.82) is 0 Å². The first-order valence-corrected chi connectivity index (χ1v) is 10.8. The number of para-hydroxylation sites is 1. The average Bonchev–Trinajstić information content (AvgIpc) is 3.24. The smallest absolute Gasteiger partial charge is 0.255 e. The van der Waals surface area contributed by atoms with Crippen LogP contribution in [0.2, 0.25) is 0 Å². The van der Waals surface area contributed by atoms with E-state index in [0.29, 0.717) is 35.9 Å². The van der Waals surface area contributed by atoms with Crippen molar-refractivity contribution in [2.45, 2.75) is 45.2 Å². The van der Waals surface area contributed by atoms with Gasteiger partial charge in [-0.1, -0.05) is 31.5 Å². The second kappa shape index (κ2) is 10.8. The van der Waals surface area contributed by atoms with Crippen LogP contribution >= 0.6 is 0 Å². The Hall–Kier alpha value is -3.06. The summed E-state index contributed by atoms with van der Waals surface area (Å²) in [5, 5.41) is 2.99. The molecule has 166 valence electrons. The number of nitrogens with zero attached hydrogens (tertiary/aromatic N) is 1. The van der Waals surface area contributed by atoms with Crippen molar-refractivity contribution in [3.63, 3.8) is 0 Å². The van der Waals surface area contributed by atoms with Gasteiger partial charge in [0.1, 0.15) is 0 Å². The molecule has 1 saturated heterocycles. The van der Waals surface area contributed by atoms with Gasteiger partial charge in [-0.3, -0.25) is 14.5 Å². The molecular formula is C24H31N3O4. The van der Waals surface area contributed by atoms with Crippen LogP contribution in [0, 0.1) is 0 Å². The molecule has 3 N–H and O–H groups in total. The Morgan fingerprint density at radius 1 is 1.19 bits per heavy atom. The summed E-state index contributed by atoms with van der Waals surface area (Å²) in [7, 11) is 1.56. The fourth-order valence-corrected chi connectivity index (χ4v) is 3.79. The Balaban J connectivity index is 1.73. The first-order chi connectivity index (χ1) is 15.0. The van der Waals surface area contributed by atoms with Crippen LogP contribution in [-0.2, 0) is 11.3 Å². The third-order valence-electron chi connectivity index (χ3n) is 5.51. The molecule has 7 heteroatoms. The Kier molecular flexibility index (Phi) is 7.89. The third kappa shape index (κ3) is 5.76. The number of hydrogen-bond acceptors (Lipinski definition) is 5. The standard InChI is InChI=1S/C24H31N3O4/c1-3-4-14-31-21-12-11-17(15-22(21)30-2)24(29)26-19-9-6-5-8-18(19)16-27-13-7-10-20(27)23(25)28/h5-6,8-9,11-12,15,20H,3-4,7,10,13-14,16H2,1-2H3,(H2,25,28)(H,26,29). The van der Waals surface area contributed by atoms with E-state index in [1.54, 1.807) is 25.3 Å². The van der Waals surface area contributed by atoms with Crippen LogP contribution in [0.15, 0.2) is 42.5 Å². The number of carbonyl (C=O) groups is 2. The molecule has 1 atom stereocenters. The van der Waals surface area contributed by atoms with Crippen LogP contribution in [0.25, 0.3) is 0 Å². The third-order valence-corrected chi connectivity index (χ3v) is 5.51. The number of nitrogens with one attached hydrogen (secondary N) is 1. The Bertz CT molecular complexity index is 915. The van der Waals surface area contributed by atoms with Crippen LogP contribution in [-0.4, -0.2) is 43.0 Å². The molecule has 1 heterocycles. The maximum absolute atomic E-state index is 12.9. The Labute approximate surface area is 183 Å². The fraction of sp³-hybridized carbons (Fsp3) is 0.417. The van der Waals surface area contributed by atoms with Crippen LogP contribution in [0.4, 0.5) is 5.69 Å². The second-order valence-corrected chi connectivity index (χ2v) is 7.71. The molecule has 31 heavy (non-hydrogen) atoms. The van der Waals surface area contributed by atoms with Crippen LogP contribution in [0.1, 0.15) is 48.5 Å². The molecule has 2 aromatic rings. The van der Waals surface area contributed by atoms with Gasteiger partial charge < -0.3 is 20.5 Å². The van der Waals surface area contributed by atoms with Gasteiger partial charge in [-0.2, -0.15) is 0 Å². The molecule has 2 aromatic carbocycles. The number of rotatable bonds is 10. The first-order valence-electron chi connectivity index (χ1n) is 10.8. The molecule has 1 aliphatic rings. The van der Waals surface area contributed by atoms with Crippen molar-refractivity contribution < 1.29 is 19.1 Å². The molecule has 7 nitrogen and oxygen atoms in total. The Morgan fingerprint density at radius 3 is 2.74 bits per heavy atom. The van der Waals surface area contributed by atoms with Gasteiger partial charge in [0.2, 0.25) is 5.91 Å². The summed E-state index contributed by atoms with van der Waals surface area (Å²) >= 11 is 0. The van der Waals surface area contributed by atoms with Crippen LogP contribution in [0.3, 0.4) is 0 Å². The van der Waals surface area contributed by atoms with E-state index in [-0.39, 0.29) is 17.9 Å². The van der Waals surface area contributed by atoms with Gasteiger partial charge in [-0.25, -0.2) is 0 Å². The van der Waals surface area contributed by atoms with Crippen molar-refractivity contribution in [1.82, 2.24) is 4.90 Å². The number of carbonyl (C=O) groups excluding carboxylic acids is 2. The minimum Gasteiger partial charge on any atom is -0.493 e. The molecule has 0 aliphatic carbocycles. The number of benzene rings is 2. The van der Waals surface area contributed by atoms with E-state index in [1.807, 2.05) is 24.3 Å². The molecule has 0 spiro atoms. The monoisotopic (exact) mass is 425 g/mol. The summed E-state index contributed by atoms with van der Waals surface area (Å²) in [4.78, 5) is 26.7. The molecule has 1 unspecified atom stereocenters. The maximum atomic E-state index is 12.9. The number of anilines is 1. The number of hydrogen-bond donors (Lipinski definition) is 2.